The molecule has 1 aromatic carbocycles. The van der Waals surface area contributed by atoms with Gasteiger partial charge in [0.15, 0.2) is 5.78 Å². The zero-order valence-corrected chi connectivity index (χ0v) is 11.5. The van der Waals surface area contributed by atoms with Crippen molar-refractivity contribution in [2.24, 2.45) is 7.05 Å². The van der Waals surface area contributed by atoms with Crippen LogP contribution in [0.3, 0.4) is 0 Å². The Balaban J connectivity index is 2.04. The summed E-state index contributed by atoms with van der Waals surface area (Å²) in [7, 11) is 1.86. The van der Waals surface area contributed by atoms with Crippen LogP contribution in [0.25, 0.3) is 6.08 Å². The summed E-state index contributed by atoms with van der Waals surface area (Å²) in [5.41, 5.74) is 5.23. The van der Waals surface area contributed by atoms with Crippen LogP contribution in [0.15, 0.2) is 35.9 Å². The van der Waals surface area contributed by atoms with Gasteiger partial charge >= 0.3 is 0 Å². The standard InChI is InChI=1S/C17H14N2O/c1-11-13(9-15(10-18)19(11)2)8-14-7-12-5-3-4-6-16(12)17(14)20/h3-6,8-9H,7H2,1-2H3. The van der Waals surface area contributed by atoms with Crippen molar-refractivity contribution in [1.82, 2.24) is 4.57 Å². The molecular formula is C17H14N2O. The van der Waals surface area contributed by atoms with E-state index in [-0.39, 0.29) is 5.78 Å². The molecule has 3 rings (SSSR count). The summed E-state index contributed by atoms with van der Waals surface area (Å²) in [6.07, 6.45) is 2.59. The van der Waals surface area contributed by atoms with Crippen molar-refractivity contribution in [1.29, 1.82) is 5.26 Å². The molecule has 1 aromatic heterocycles. The lowest BCUT2D eigenvalue weighted by Crippen LogP contribution is -1.96. The van der Waals surface area contributed by atoms with E-state index in [0.29, 0.717) is 12.1 Å². The van der Waals surface area contributed by atoms with E-state index in [1.54, 1.807) is 0 Å². The highest BCUT2D eigenvalue weighted by atomic mass is 16.1. The van der Waals surface area contributed by atoms with E-state index < -0.39 is 0 Å². The smallest absolute Gasteiger partial charge is 0.189 e. The van der Waals surface area contributed by atoms with E-state index in [2.05, 4.69) is 6.07 Å². The topological polar surface area (TPSA) is 45.8 Å². The number of allylic oxidation sites excluding steroid dienone is 1. The Kier molecular flexibility index (Phi) is 2.80. The molecule has 3 heteroatoms. The number of hydrogen-bond acceptors (Lipinski definition) is 2. The van der Waals surface area contributed by atoms with E-state index in [1.807, 2.05) is 54.9 Å². The lowest BCUT2D eigenvalue weighted by Gasteiger charge is -1.99. The first kappa shape index (κ1) is 12.4. The second-order valence-corrected chi connectivity index (χ2v) is 5.07. The number of carbonyl (C=O) groups excluding carboxylic acids is 1. The van der Waals surface area contributed by atoms with Gasteiger partial charge in [-0.2, -0.15) is 5.26 Å². The molecule has 1 heterocycles. The van der Waals surface area contributed by atoms with E-state index in [0.717, 1.165) is 28.0 Å². The maximum Gasteiger partial charge on any atom is 0.189 e. The van der Waals surface area contributed by atoms with Crippen molar-refractivity contribution in [3.05, 3.63) is 64.0 Å². The van der Waals surface area contributed by atoms with Gasteiger partial charge in [0.05, 0.1) is 0 Å². The molecule has 3 nitrogen and oxygen atoms in total. The Morgan fingerprint density at radius 3 is 2.75 bits per heavy atom. The van der Waals surface area contributed by atoms with Crippen LogP contribution < -0.4 is 0 Å². The van der Waals surface area contributed by atoms with Crippen LogP contribution in [-0.4, -0.2) is 10.4 Å². The van der Waals surface area contributed by atoms with Crippen LogP contribution in [0.2, 0.25) is 0 Å². The average molecular weight is 262 g/mol. The molecule has 0 saturated carbocycles. The lowest BCUT2D eigenvalue weighted by molar-refractivity contribution is 0.104. The highest BCUT2D eigenvalue weighted by Gasteiger charge is 2.24. The maximum atomic E-state index is 12.3. The van der Waals surface area contributed by atoms with Gasteiger partial charge in [-0.05, 0) is 30.2 Å². The SMILES string of the molecule is Cc1c(C=C2Cc3ccccc3C2=O)cc(C#N)n1C. The van der Waals surface area contributed by atoms with E-state index in [9.17, 15) is 4.79 Å². The van der Waals surface area contributed by atoms with E-state index >= 15 is 0 Å². The van der Waals surface area contributed by atoms with Crippen LogP contribution in [0.5, 0.6) is 0 Å². The number of aromatic nitrogens is 1. The van der Waals surface area contributed by atoms with Gasteiger partial charge < -0.3 is 4.57 Å². The predicted octanol–water partition coefficient (Wildman–Crippen LogP) is 3.03. The lowest BCUT2D eigenvalue weighted by atomic mass is 10.1. The number of hydrogen-bond donors (Lipinski definition) is 0. The van der Waals surface area contributed by atoms with Crippen molar-refractivity contribution in [3.8, 4) is 6.07 Å². The zero-order chi connectivity index (χ0) is 14.3. The van der Waals surface area contributed by atoms with E-state index in [4.69, 9.17) is 5.26 Å². The second kappa shape index (κ2) is 4.50. The molecule has 0 saturated heterocycles. The van der Waals surface area contributed by atoms with Crippen molar-refractivity contribution >= 4 is 11.9 Å². The highest BCUT2D eigenvalue weighted by molar-refractivity contribution is 6.15. The summed E-state index contributed by atoms with van der Waals surface area (Å²) in [5, 5.41) is 9.05. The van der Waals surface area contributed by atoms with Crippen LogP contribution in [0, 0.1) is 18.3 Å². The molecule has 98 valence electrons. The molecule has 0 atom stereocenters. The summed E-state index contributed by atoms with van der Waals surface area (Å²) < 4.78 is 1.85. The second-order valence-electron chi connectivity index (χ2n) is 5.07. The Bertz CT molecular complexity index is 788. The average Bonchev–Trinajstić information content (AvgIpc) is 2.92. The van der Waals surface area contributed by atoms with Gasteiger partial charge in [0.25, 0.3) is 0 Å². The molecular weight excluding hydrogens is 248 g/mol. The van der Waals surface area contributed by atoms with Crippen LogP contribution in [0.4, 0.5) is 0 Å². The maximum absolute atomic E-state index is 12.3. The van der Waals surface area contributed by atoms with Gasteiger partial charge in [0.1, 0.15) is 11.8 Å². The number of carbonyl (C=O) groups is 1. The Morgan fingerprint density at radius 2 is 2.10 bits per heavy atom. The van der Waals surface area contributed by atoms with Gasteiger partial charge in [-0.3, -0.25) is 4.79 Å². The fourth-order valence-electron chi connectivity index (χ4n) is 2.63. The third kappa shape index (κ3) is 1.78. The van der Waals surface area contributed by atoms with Crippen molar-refractivity contribution in [2.75, 3.05) is 0 Å². The highest BCUT2D eigenvalue weighted by Crippen LogP contribution is 2.28. The summed E-state index contributed by atoms with van der Waals surface area (Å²) in [4.78, 5) is 12.3. The van der Waals surface area contributed by atoms with Gasteiger partial charge in [-0.1, -0.05) is 24.3 Å². The minimum Gasteiger partial charge on any atom is -0.339 e. The van der Waals surface area contributed by atoms with Crippen LogP contribution in [0.1, 0.15) is 32.9 Å². The Labute approximate surface area is 117 Å². The summed E-state index contributed by atoms with van der Waals surface area (Å²) in [6.45, 7) is 1.96. The van der Waals surface area contributed by atoms with Crippen LogP contribution in [-0.2, 0) is 13.5 Å². The number of rotatable bonds is 1. The fourth-order valence-corrected chi connectivity index (χ4v) is 2.63. The number of Topliss-reactive ketones (excluding diaryl/α,β-unsaturated/α-hetero) is 1. The molecule has 0 bridgehead atoms. The van der Waals surface area contributed by atoms with Crippen molar-refractivity contribution < 1.29 is 4.79 Å². The zero-order valence-electron chi connectivity index (χ0n) is 11.5. The number of fused-ring (bicyclic) bond motifs is 1. The fraction of sp³-hybridized carbons (Fsp3) is 0.176. The first-order valence-electron chi connectivity index (χ1n) is 6.51. The molecule has 0 fully saturated rings. The van der Waals surface area contributed by atoms with Gasteiger partial charge in [-0.25, -0.2) is 0 Å². The molecule has 0 radical (unpaired) electrons. The minimum absolute atomic E-state index is 0.0994. The predicted molar refractivity (Wildman–Crippen MR) is 77.3 cm³/mol. The number of nitriles is 1. The normalized spacial score (nSPS) is 15.4. The quantitative estimate of drug-likeness (QED) is 0.741. The summed E-state index contributed by atoms with van der Waals surface area (Å²) >= 11 is 0. The monoisotopic (exact) mass is 262 g/mol. The number of nitrogens with zero attached hydrogens (tertiary/aromatic N) is 2. The molecule has 2 aromatic rings. The molecule has 20 heavy (non-hydrogen) atoms. The van der Waals surface area contributed by atoms with Gasteiger partial charge in [-0.15, -0.1) is 0 Å². The molecule has 0 amide bonds. The largest absolute Gasteiger partial charge is 0.339 e. The third-order valence-electron chi connectivity index (χ3n) is 3.95. The number of ketones is 1. The minimum atomic E-state index is 0.0994. The van der Waals surface area contributed by atoms with Crippen molar-refractivity contribution in [2.45, 2.75) is 13.3 Å². The Morgan fingerprint density at radius 1 is 1.35 bits per heavy atom. The van der Waals surface area contributed by atoms with E-state index in [1.165, 1.54) is 0 Å². The third-order valence-corrected chi connectivity index (χ3v) is 3.95. The summed E-state index contributed by atoms with van der Waals surface area (Å²) in [5.74, 6) is 0.0994. The molecule has 0 spiro atoms. The first-order chi connectivity index (χ1) is 9.61. The van der Waals surface area contributed by atoms with Gasteiger partial charge in [0, 0.05) is 30.3 Å². The first-order valence-corrected chi connectivity index (χ1v) is 6.51. The molecule has 0 N–H and O–H groups in total. The van der Waals surface area contributed by atoms with Crippen LogP contribution >= 0.6 is 0 Å². The Hall–Kier alpha value is -2.60. The molecule has 1 aliphatic carbocycles. The number of benzene rings is 1. The summed E-state index contributed by atoms with van der Waals surface area (Å²) in [6, 6.07) is 11.7. The molecule has 0 aliphatic heterocycles. The molecule has 1 aliphatic rings. The van der Waals surface area contributed by atoms with Gasteiger partial charge in [0.2, 0.25) is 0 Å². The molecule has 0 unspecified atom stereocenters. The van der Waals surface area contributed by atoms with Crippen molar-refractivity contribution in [3.63, 3.8) is 0 Å².